The maximum atomic E-state index is 4.32. The maximum absolute atomic E-state index is 4.32. The van der Waals surface area contributed by atoms with Crippen LogP contribution in [-0.4, -0.2) is 14.8 Å². The molecule has 4 heteroatoms. The van der Waals surface area contributed by atoms with Gasteiger partial charge in [-0.1, -0.05) is 44.2 Å². The molecular weight excluding hydrogens is 236 g/mol. The van der Waals surface area contributed by atoms with E-state index >= 15 is 0 Å². The van der Waals surface area contributed by atoms with Gasteiger partial charge in [0.1, 0.15) is 12.2 Å². The summed E-state index contributed by atoms with van der Waals surface area (Å²) in [6.45, 7) is 6.03. The van der Waals surface area contributed by atoms with Crippen LogP contribution in [-0.2, 0) is 13.1 Å². The lowest BCUT2D eigenvalue weighted by Crippen LogP contribution is -2.22. The third kappa shape index (κ3) is 3.64. The van der Waals surface area contributed by atoms with Crippen LogP contribution >= 0.6 is 0 Å². The van der Waals surface area contributed by atoms with Crippen LogP contribution in [0.5, 0.6) is 0 Å². The molecule has 2 rings (SSSR count). The first-order valence-corrected chi connectivity index (χ1v) is 7.00. The molecule has 0 aliphatic carbocycles. The molecule has 0 radical (unpaired) electrons. The fourth-order valence-electron chi connectivity index (χ4n) is 2.22. The molecule has 0 amide bonds. The van der Waals surface area contributed by atoms with Crippen LogP contribution in [0.15, 0.2) is 36.7 Å². The van der Waals surface area contributed by atoms with Gasteiger partial charge in [-0.25, -0.2) is 9.67 Å². The molecule has 1 unspecified atom stereocenters. The minimum atomic E-state index is 0.368. The summed E-state index contributed by atoms with van der Waals surface area (Å²) in [6.07, 6.45) is 3.77. The Kier molecular flexibility index (Phi) is 5.10. The summed E-state index contributed by atoms with van der Waals surface area (Å²) in [5.74, 6) is 1.01. The first kappa shape index (κ1) is 13.7. The molecule has 1 N–H and O–H groups in total. The van der Waals surface area contributed by atoms with E-state index in [2.05, 4.69) is 53.5 Å². The Hall–Kier alpha value is -1.68. The van der Waals surface area contributed by atoms with E-state index < -0.39 is 0 Å². The van der Waals surface area contributed by atoms with E-state index in [1.165, 1.54) is 5.56 Å². The number of hydrogen-bond donors (Lipinski definition) is 1. The normalized spacial score (nSPS) is 12.5. The highest BCUT2D eigenvalue weighted by Crippen LogP contribution is 2.16. The predicted molar refractivity (Wildman–Crippen MR) is 76.6 cm³/mol. The Labute approximate surface area is 114 Å². The number of rotatable bonds is 7. The Morgan fingerprint density at radius 2 is 2.00 bits per heavy atom. The standard InChI is InChI=1S/C15H22N4/c1-3-10-19-15(17-12-18-19)11-16-14(4-2)13-8-6-5-7-9-13/h5-9,12,14,16H,3-4,10-11H2,1-2H3. The van der Waals surface area contributed by atoms with Crippen molar-refractivity contribution < 1.29 is 0 Å². The molecule has 0 aliphatic heterocycles. The largest absolute Gasteiger partial charge is 0.303 e. The van der Waals surface area contributed by atoms with Crippen molar-refractivity contribution in [1.29, 1.82) is 0 Å². The second-order valence-electron chi connectivity index (χ2n) is 4.65. The molecule has 0 fully saturated rings. The monoisotopic (exact) mass is 258 g/mol. The number of nitrogens with one attached hydrogen (secondary N) is 1. The fraction of sp³-hybridized carbons (Fsp3) is 0.467. The highest BCUT2D eigenvalue weighted by Gasteiger charge is 2.10. The van der Waals surface area contributed by atoms with Gasteiger partial charge in [0.15, 0.2) is 0 Å². The van der Waals surface area contributed by atoms with Gasteiger partial charge in [0.2, 0.25) is 0 Å². The van der Waals surface area contributed by atoms with Crippen molar-refractivity contribution in [3.63, 3.8) is 0 Å². The summed E-state index contributed by atoms with van der Waals surface area (Å²) in [5, 5.41) is 7.81. The number of benzene rings is 1. The van der Waals surface area contributed by atoms with E-state index in [9.17, 15) is 0 Å². The summed E-state index contributed by atoms with van der Waals surface area (Å²) in [4.78, 5) is 4.32. The zero-order valence-electron chi connectivity index (χ0n) is 11.7. The van der Waals surface area contributed by atoms with E-state index in [0.717, 1.165) is 31.8 Å². The average molecular weight is 258 g/mol. The van der Waals surface area contributed by atoms with Crippen molar-refractivity contribution in [3.8, 4) is 0 Å². The van der Waals surface area contributed by atoms with E-state index in [1.807, 2.05) is 10.7 Å². The van der Waals surface area contributed by atoms with Crippen LogP contribution in [0, 0.1) is 0 Å². The molecule has 2 aromatic rings. The molecule has 1 heterocycles. The SMILES string of the molecule is CCCn1ncnc1CNC(CC)c1ccccc1. The zero-order valence-corrected chi connectivity index (χ0v) is 11.7. The van der Waals surface area contributed by atoms with Crippen molar-refractivity contribution in [2.45, 2.75) is 45.8 Å². The fourth-order valence-corrected chi connectivity index (χ4v) is 2.22. The summed E-state index contributed by atoms with van der Waals surface area (Å²) in [6, 6.07) is 10.9. The number of nitrogens with zero attached hydrogens (tertiary/aromatic N) is 3. The predicted octanol–water partition coefficient (Wildman–Crippen LogP) is 2.93. The molecular formula is C15H22N4. The molecule has 0 bridgehead atoms. The Morgan fingerprint density at radius 1 is 1.21 bits per heavy atom. The van der Waals surface area contributed by atoms with Crippen molar-refractivity contribution in [3.05, 3.63) is 48.0 Å². The molecule has 1 aromatic heterocycles. The topological polar surface area (TPSA) is 42.7 Å². The van der Waals surface area contributed by atoms with Gasteiger partial charge in [-0.3, -0.25) is 0 Å². The number of aryl methyl sites for hydroxylation is 1. The Balaban J connectivity index is 1.98. The highest BCUT2D eigenvalue weighted by molar-refractivity contribution is 5.18. The third-order valence-electron chi connectivity index (χ3n) is 3.25. The molecule has 0 saturated carbocycles. The second-order valence-corrected chi connectivity index (χ2v) is 4.65. The molecule has 19 heavy (non-hydrogen) atoms. The molecule has 0 spiro atoms. The molecule has 1 atom stereocenters. The van der Waals surface area contributed by atoms with Crippen molar-refractivity contribution in [2.75, 3.05) is 0 Å². The molecule has 102 valence electrons. The lowest BCUT2D eigenvalue weighted by molar-refractivity contribution is 0.481. The molecule has 0 aliphatic rings. The Bertz CT molecular complexity index is 478. The van der Waals surface area contributed by atoms with Crippen LogP contribution in [0.3, 0.4) is 0 Å². The van der Waals surface area contributed by atoms with E-state index in [4.69, 9.17) is 0 Å². The van der Waals surface area contributed by atoms with Gasteiger partial charge < -0.3 is 5.32 Å². The van der Waals surface area contributed by atoms with Gasteiger partial charge in [-0.15, -0.1) is 0 Å². The van der Waals surface area contributed by atoms with Gasteiger partial charge in [-0.2, -0.15) is 5.10 Å². The molecule has 0 saturated heterocycles. The maximum Gasteiger partial charge on any atom is 0.140 e. The second kappa shape index (κ2) is 7.04. The Morgan fingerprint density at radius 3 is 2.68 bits per heavy atom. The highest BCUT2D eigenvalue weighted by atomic mass is 15.3. The summed E-state index contributed by atoms with van der Waals surface area (Å²) in [5.41, 5.74) is 1.33. The van der Waals surface area contributed by atoms with E-state index in [1.54, 1.807) is 6.33 Å². The third-order valence-corrected chi connectivity index (χ3v) is 3.25. The number of hydrogen-bond acceptors (Lipinski definition) is 3. The zero-order chi connectivity index (χ0) is 13.5. The van der Waals surface area contributed by atoms with Crippen LogP contribution in [0.4, 0.5) is 0 Å². The van der Waals surface area contributed by atoms with Crippen molar-refractivity contribution in [2.24, 2.45) is 0 Å². The van der Waals surface area contributed by atoms with E-state index in [0.29, 0.717) is 6.04 Å². The quantitative estimate of drug-likeness (QED) is 0.830. The van der Waals surface area contributed by atoms with Gasteiger partial charge in [0, 0.05) is 12.6 Å². The van der Waals surface area contributed by atoms with Crippen molar-refractivity contribution >= 4 is 0 Å². The van der Waals surface area contributed by atoms with Crippen LogP contribution in [0.2, 0.25) is 0 Å². The van der Waals surface area contributed by atoms with Crippen LogP contribution in [0.1, 0.15) is 44.1 Å². The lowest BCUT2D eigenvalue weighted by atomic mass is 10.0. The van der Waals surface area contributed by atoms with Crippen LogP contribution in [0.25, 0.3) is 0 Å². The summed E-state index contributed by atoms with van der Waals surface area (Å²) >= 11 is 0. The molecule has 4 nitrogen and oxygen atoms in total. The lowest BCUT2D eigenvalue weighted by Gasteiger charge is -2.17. The minimum absolute atomic E-state index is 0.368. The summed E-state index contributed by atoms with van der Waals surface area (Å²) < 4.78 is 1.98. The first-order chi connectivity index (χ1) is 9.35. The minimum Gasteiger partial charge on any atom is -0.303 e. The summed E-state index contributed by atoms with van der Waals surface area (Å²) in [7, 11) is 0. The first-order valence-electron chi connectivity index (χ1n) is 7.00. The van der Waals surface area contributed by atoms with Gasteiger partial charge >= 0.3 is 0 Å². The smallest absolute Gasteiger partial charge is 0.140 e. The van der Waals surface area contributed by atoms with Crippen LogP contribution < -0.4 is 5.32 Å². The molecule has 1 aromatic carbocycles. The van der Waals surface area contributed by atoms with E-state index in [-0.39, 0.29) is 0 Å². The van der Waals surface area contributed by atoms with Gasteiger partial charge in [-0.05, 0) is 18.4 Å². The average Bonchev–Trinajstić information content (AvgIpc) is 2.89. The van der Waals surface area contributed by atoms with Gasteiger partial charge in [0.05, 0.1) is 6.54 Å². The van der Waals surface area contributed by atoms with Crippen molar-refractivity contribution in [1.82, 2.24) is 20.1 Å². The number of aromatic nitrogens is 3. The van der Waals surface area contributed by atoms with Gasteiger partial charge in [0.25, 0.3) is 0 Å².